The Hall–Kier alpha value is -0.910. The molecule has 4 saturated carbocycles. The predicted molar refractivity (Wildman–Crippen MR) is 135 cm³/mol. The van der Waals surface area contributed by atoms with E-state index in [-0.39, 0.29) is 40.1 Å². The fourth-order valence-corrected chi connectivity index (χ4v) is 10.6. The second-order valence-corrected chi connectivity index (χ2v) is 14.9. The number of aliphatic hydroxyl groups excluding tert-OH is 3. The lowest BCUT2D eigenvalue weighted by Gasteiger charge is -2.71. The third kappa shape index (κ3) is 2.95. The molecule has 0 amide bonds. The molecule has 0 bridgehead atoms. The van der Waals surface area contributed by atoms with Crippen molar-refractivity contribution >= 4 is 5.97 Å². The van der Waals surface area contributed by atoms with E-state index in [1.54, 1.807) is 0 Å². The quantitative estimate of drug-likeness (QED) is 0.402. The third-order valence-corrected chi connectivity index (χ3v) is 13.4. The Balaban J connectivity index is 1.62. The number of carbonyl (C=O) groups is 1. The van der Waals surface area contributed by atoms with E-state index in [4.69, 9.17) is 0 Å². The number of carboxylic acids is 1. The average molecular weight is 489 g/mol. The minimum absolute atomic E-state index is 0.00698. The summed E-state index contributed by atoms with van der Waals surface area (Å²) in [7, 11) is 0. The number of allylic oxidation sites excluding steroid dienone is 1. The van der Waals surface area contributed by atoms with E-state index >= 15 is 0 Å². The van der Waals surface area contributed by atoms with Crippen molar-refractivity contribution in [2.45, 2.75) is 112 Å². The van der Waals surface area contributed by atoms with Gasteiger partial charge in [-0.15, -0.1) is 0 Å². The highest BCUT2D eigenvalue weighted by atomic mass is 16.4. The summed E-state index contributed by atoms with van der Waals surface area (Å²) in [5.74, 6) is -0.391. The lowest BCUT2D eigenvalue weighted by Crippen LogP contribution is -2.67. The van der Waals surface area contributed by atoms with Gasteiger partial charge in [0.05, 0.1) is 24.2 Å². The van der Waals surface area contributed by atoms with Crippen LogP contribution < -0.4 is 0 Å². The molecule has 5 heteroatoms. The fraction of sp³-hybridized carbons (Fsp3) is 0.900. The summed E-state index contributed by atoms with van der Waals surface area (Å²) in [5.41, 5.74) is -0.579. The lowest BCUT2D eigenvalue weighted by molar-refractivity contribution is -0.221. The van der Waals surface area contributed by atoms with Crippen LogP contribution in [-0.4, -0.2) is 45.2 Å². The van der Waals surface area contributed by atoms with Crippen molar-refractivity contribution in [3.8, 4) is 0 Å². The van der Waals surface area contributed by atoms with Gasteiger partial charge >= 0.3 is 5.97 Å². The Labute approximate surface area is 211 Å². The van der Waals surface area contributed by atoms with Gasteiger partial charge in [-0.05, 0) is 91.3 Å². The molecule has 0 spiro atoms. The first kappa shape index (κ1) is 25.7. The summed E-state index contributed by atoms with van der Waals surface area (Å²) < 4.78 is 0. The molecule has 0 saturated heterocycles. The van der Waals surface area contributed by atoms with E-state index in [1.165, 1.54) is 5.57 Å². The summed E-state index contributed by atoms with van der Waals surface area (Å²) in [4.78, 5) is 12.8. The zero-order valence-corrected chi connectivity index (χ0v) is 22.7. The van der Waals surface area contributed by atoms with Crippen molar-refractivity contribution in [3.63, 3.8) is 0 Å². The zero-order chi connectivity index (χ0) is 25.8. The van der Waals surface area contributed by atoms with Crippen LogP contribution in [-0.2, 0) is 4.79 Å². The van der Waals surface area contributed by atoms with Gasteiger partial charge in [0.25, 0.3) is 0 Å². The Bertz CT molecular complexity index is 941. The number of aliphatic hydroxyl groups is 3. The molecule has 5 nitrogen and oxygen atoms in total. The van der Waals surface area contributed by atoms with Gasteiger partial charge in [0.15, 0.2) is 0 Å². The van der Waals surface area contributed by atoms with Gasteiger partial charge in [0.2, 0.25) is 0 Å². The van der Waals surface area contributed by atoms with Gasteiger partial charge in [-0.1, -0.05) is 53.2 Å². The smallest absolute Gasteiger partial charge is 0.310 e. The maximum Gasteiger partial charge on any atom is 0.310 e. The normalized spacial score (nSPS) is 55.0. The van der Waals surface area contributed by atoms with Crippen molar-refractivity contribution in [1.29, 1.82) is 0 Å². The van der Waals surface area contributed by atoms with E-state index in [0.29, 0.717) is 18.8 Å². The second kappa shape index (κ2) is 7.57. The van der Waals surface area contributed by atoms with Crippen molar-refractivity contribution in [2.24, 2.45) is 50.2 Å². The first-order chi connectivity index (χ1) is 16.1. The Morgan fingerprint density at radius 1 is 0.914 bits per heavy atom. The largest absolute Gasteiger partial charge is 0.481 e. The van der Waals surface area contributed by atoms with Crippen molar-refractivity contribution in [3.05, 3.63) is 11.6 Å². The molecule has 4 N–H and O–H groups in total. The molecule has 198 valence electrons. The molecule has 0 unspecified atom stereocenters. The molecular weight excluding hydrogens is 440 g/mol. The maximum absolute atomic E-state index is 12.8. The van der Waals surface area contributed by atoms with Crippen LogP contribution in [0.3, 0.4) is 0 Å². The Morgan fingerprint density at radius 3 is 2.20 bits per heavy atom. The zero-order valence-electron chi connectivity index (χ0n) is 22.7. The Morgan fingerprint density at radius 2 is 1.57 bits per heavy atom. The minimum Gasteiger partial charge on any atom is -0.481 e. The standard InChI is InChI=1S/C30H48O5/c1-25(2)13-15-30(24(34)35)16-14-28(5)18(22(30)23(25)33)7-8-20-26(3)11-10-21(32)27(4,17-31)19(26)9-12-29(20,28)6/h7,19-23,31-33H,8-17H2,1-6H3,(H,34,35)/t19-,20-,21+,22-,23+,26+,27+,28-,29-,30+/m1/s1. The summed E-state index contributed by atoms with van der Waals surface area (Å²) in [5, 5.41) is 43.5. The van der Waals surface area contributed by atoms with E-state index < -0.39 is 29.0 Å². The Kier molecular flexibility index (Phi) is 5.56. The highest BCUT2D eigenvalue weighted by molar-refractivity contribution is 5.77. The van der Waals surface area contributed by atoms with Crippen LogP contribution in [0.5, 0.6) is 0 Å². The van der Waals surface area contributed by atoms with Gasteiger partial charge in [0.1, 0.15) is 0 Å². The van der Waals surface area contributed by atoms with Gasteiger partial charge in [-0.3, -0.25) is 4.79 Å². The monoisotopic (exact) mass is 488 g/mol. The molecule has 5 aliphatic rings. The van der Waals surface area contributed by atoms with Gasteiger partial charge in [-0.25, -0.2) is 0 Å². The SMILES string of the molecule is CC1(C)CC[C@]2(C(=O)O)CC[C@]3(C)C(=CC[C@@H]4[C@@]5(C)CC[C@H](O)[C@@](C)(CO)[C@@H]5CC[C@]43C)[C@@H]2[C@@H]1O. The molecule has 5 aliphatic carbocycles. The van der Waals surface area contributed by atoms with Crippen molar-refractivity contribution in [2.75, 3.05) is 6.61 Å². The molecule has 0 aliphatic heterocycles. The molecule has 0 radical (unpaired) electrons. The van der Waals surface area contributed by atoms with Crippen LogP contribution in [0.4, 0.5) is 0 Å². The number of rotatable bonds is 2. The minimum atomic E-state index is -0.866. The van der Waals surface area contributed by atoms with Gasteiger partial charge in [-0.2, -0.15) is 0 Å². The number of fused-ring (bicyclic) bond motifs is 7. The van der Waals surface area contributed by atoms with E-state index in [0.717, 1.165) is 44.9 Å². The summed E-state index contributed by atoms with van der Waals surface area (Å²) >= 11 is 0. The highest BCUT2D eigenvalue weighted by Crippen LogP contribution is 2.75. The van der Waals surface area contributed by atoms with E-state index in [2.05, 4.69) is 47.6 Å². The first-order valence-corrected chi connectivity index (χ1v) is 14.0. The van der Waals surface area contributed by atoms with E-state index in [1.807, 2.05) is 0 Å². The average Bonchev–Trinajstić information content (AvgIpc) is 2.79. The molecule has 0 aromatic carbocycles. The van der Waals surface area contributed by atoms with Crippen molar-refractivity contribution in [1.82, 2.24) is 0 Å². The van der Waals surface area contributed by atoms with Crippen LogP contribution >= 0.6 is 0 Å². The van der Waals surface area contributed by atoms with Crippen LogP contribution in [0, 0.1) is 50.2 Å². The molecular formula is C30H48O5. The van der Waals surface area contributed by atoms with Crippen molar-refractivity contribution < 1.29 is 25.2 Å². The first-order valence-electron chi connectivity index (χ1n) is 14.0. The van der Waals surface area contributed by atoms with Gasteiger partial charge < -0.3 is 20.4 Å². The highest BCUT2D eigenvalue weighted by Gasteiger charge is 2.70. The third-order valence-electron chi connectivity index (χ3n) is 13.4. The van der Waals surface area contributed by atoms with E-state index in [9.17, 15) is 25.2 Å². The summed E-state index contributed by atoms with van der Waals surface area (Å²) in [6, 6.07) is 0. The van der Waals surface area contributed by atoms with Crippen LogP contribution in [0.2, 0.25) is 0 Å². The topological polar surface area (TPSA) is 98.0 Å². The second-order valence-electron chi connectivity index (χ2n) is 14.9. The molecule has 5 rings (SSSR count). The fourth-order valence-electron chi connectivity index (χ4n) is 10.6. The molecule has 0 aromatic heterocycles. The maximum atomic E-state index is 12.8. The molecule has 0 aromatic rings. The number of aliphatic carboxylic acids is 1. The molecule has 10 atom stereocenters. The summed E-state index contributed by atoms with van der Waals surface area (Å²) in [6.45, 7) is 13.5. The molecule has 35 heavy (non-hydrogen) atoms. The number of hydrogen-bond acceptors (Lipinski definition) is 4. The van der Waals surface area contributed by atoms with Crippen LogP contribution in [0.15, 0.2) is 11.6 Å². The van der Waals surface area contributed by atoms with Crippen LogP contribution in [0.1, 0.15) is 99.3 Å². The lowest BCUT2D eigenvalue weighted by atomic mass is 9.33. The summed E-state index contributed by atoms with van der Waals surface area (Å²) in [6.07, 6.45) is 8.65. The predicted octanol–water partition coefficient (Wildman–Crippen LogP) is 5.18. The molecule has 4 fully saturated rings. The van der Waals surface area contributed by atoms with Crippen LogP contribution in [0.25, 0.3) is 0 Å². The van der Waals surface area contributed by atoms with Gasteiger partial charge in [0, 0.05) is 11.3 Å². The molecule has 0 heterocycles. The number of carboxylic acid groups (broad SMARTS) is 1. The number of hydrogen-bond donors (Lipinski definition) is 4.